The van der Waals surface area contributed by atoms with Gasteiger partial charge in [0.15, 0.2) is 11.0 Å². The molecule has 0 saturated heterocycles. The molecule has 0 amide bonds. The molecule has 0 saturated carbocycles. The van der Waals surface area contributed by atoms with E-state index in [1.807, 2.05) is 29.5 Å². The van der Waals surface area contributed by atoms with Gasteiger partial charge < -0.3 is 4.57 Å². The Kier molecular flexibility index (Phi) is 7.18. The van der Waals surface area contributed by atoms with Crippen molar-refractivity contribution in [1.29, 1.82) is 0 Å². The maximum absolute atomic E-state index is 6.24. The van der Waals surface area contributed by atoms with Crippen LogP contribution in [0.2, 0.25) is 10.0 Å². The van der Waals surface area contributed by atoms with Crippen molar-refractivity contribution in [2.75, 3.05) is 11.5 Å². The molecule has 3 nitrogen and oxygen atoms in total. The van der Waals surface area contributed by atoms with Gasteiger partial charge in [-0.1, -0.05) is 48.3 Å². The number of thiophene rings is 1. The number of benzene rings is 1. The SMILES string of the molecule is CC[C@H]1CCc2sc(-c3nnc(SCCSc4cc(Cl)ccc4Cl)n3C)cc2C1. The Morgan fingerprint density at radius 3 is 2.83 bits per heavy atom. The van der Waals surface area contributed by atoms with Gasteiger partial charge in [-0.2, -0.15) is 0 Å². The molecule has 4 rings (SSSR count). The highest BCUT2D eigenvalue weighted by Gasteiger charge is 2.22. The summed E-state index contributed by atoms with van der Waals surface area (Å²) in [6.07, 6.45) is 5.01. The molecular weight excluding hydrogens is 461 g/mol. The van der Waals surface area contributed by atoms with E-state index < -0.39 is 0 Å². The molecule has 0 N–H and O–H groups in total. The molecule has 3 aromatic rings. The Morgan fingerprint density at radius 2 is 2.00 bits per heavy atom. The maximum atomic E-state index is 6.24. The van der Waals surface area contributed by atoms with Gasteiger partial charge in [0.05, 0.1) is 9.90 Å². The summed E-state index contributed by atoms with van der Waals surface area (Å²) >= 11 is 17.6. The number of aromatic nitrogens is 3. The fourth-order valence-electron chi connectivity index (χ4n) is 3.59. The van der Waals surface area contributed by atoms with E-state index in [-0.39, 0.29) is 0 Å². The molecule has 154 valence electrons. The third-order valence-electron chi connectivity index (χ3n) is 5.28. The second-order valence-corrected chi connectivity index (χ2v) is 11.4. The van der Waals surface area contributed by atoms with Gasteiger partial charge in [-0.05, 0) is 55.0 Å². The van der Waals surface area contributed by atoms with Crippen LogP contribution in [0.25, 0.3) is 10.7 Å². The number of thioether (sulfide) groups is 2. The van der Waals surface area contributed by atoms with Gasteiger partial charge in [0.25, 0.3) is 0 Å². The lowest BCUT2D eigenvalue weighted by Gasteiger charge is -2.19. The van der Waals surface area contributed by atoms with E-state index in [2.05, 4.69) is 34.8 Å². The van der Waals surface area contributed by atoms with Crippen LogP contribution >= 0.6 is 58.1 Å². The van der Waals surface area contributed by atoms with Crippen molar-refractivity contribution in [3.8, 4) is 10.7 Å². The van der Waals surface area contributed by atoms with Gasteiger partial charge in [-0.3, -0.25) is 0 Å². The first-order valence-corrected chi connectivity index (χ1v) is 13.3. The number of aryl methyl sites for hydroxylation is 1. The molecule has 0 radical (unpaired) electrons. The van der Waals surface area contributed by atoms with Gasteiger partial charge >= 0.3 is 0 Å². The van der Waals surface area contributed by atoms with Gasteiger partial charge in [0.2, 0.25) is 0 Å². The summed E-state index contributed by atoms with van der Waals surface area (Å²) in [7, 11) is 2.06. The second kappa shape index (κ2) is 9.65. The zero-order valence-corrected chi connectivity index (χ0v) is 20.4. The van der Waals surface area contributed by atoms with Crippen LogP contribution in [0.5, 0.6) is 0 Å². The molecule has 0 unspecified atom stereocenters. The highest BCUT2D eigenvalue weighted by Crippen LogP contribution is 2.38. The number of nitrogens with zero attached hydrogens (tertiary/aromatic N) is 3. The summed E-state index contributed by atoms with van der Waals surface area (Å²) in [5.74, 6) is 3.67. The minimum atomic E-state index is 0.714. The van der Waals surface area contributed by atoms with E-state index in [0.29, 0.717) is 5.02 Å². The number of hydrogen-bond acceptors (Lipinski definition) is 5. The predicted molar refractivity (Wildman–Crippen MR) is 128 cm³/mol. The van der Waals surface area contributed by atoms with Crippen LogP contribution in [0.15, 0.2) is 34.3 Å². The summed E-state index contributed by atoms with van der Waals surface area (Å²) in [6.45, 7) is 2.30. The minimum absolute atomic E-state index is 0.714. The largest absolute Gasteiger partial charge is 0.305 e. The van der Waals surface area contributed by atoms with Crippen molar-refractivity contribution in [3.05, 3.63) is 44.8 Å². The third-order valence-corrected chi connectivity index (χ3v) is 9.53. The zero-order chi connectivity index (χ0) is 20.4. The van der Waals surface area contributed by atoms with Gasteiger partial charge in [-0.15, -0.1) is 33.3 Å². The Hall–Kier alpha value is -0.660. The van der Waals surface area contributed by atoms with Crippen LogP contribution in [0.4, 0.5) is 0 Å². The summed E-state index contributed by atoms with van der Waals surface area (Å²) in [5, 5.41) is 11.3. The lowest BCUT2D eigenvalue weighted by molar-refractivity contribution is 0.449. The highest BCUT2D eigenvalue weighted by atomic mass is 35.5. The predicted octanol–water partition coefficient (Wildman–Crippen LogP) is 7.25. The molecule has 0 aliphatic heterocycles. The van der Waals surface area contributed by atoms with E-state index in [1.54, 1.807) is 23.5 Å². The van der Waals surface area contributed by atoms with E-state index in [1.165, 1.54) is 41.0 Å². The Morgan fingerprint density at radius 1 is 1.17 bits per heavy atom. The van der Waals surface area contributed by atoms with Gasteiger partial charge in [0, 0.05) is 33.3 Å². The van der Waals surface area contributed by atoms with E-state index in [9.17, 15) is 0 Å². The molecule has 2 aromatic heterocycles. The molecule has 1 aliphatic rings. The number of halogens is 2. The lowest BCUT2D eigenvalue weighted by atomic mass is 9.87. The quantitative estimate of drug-likeness (QED) is 0.261. The van der Waals surface area contributed by atoms with Crippen molar-refractivity contribution < 1.29 is 0 Å². The van der Waals surface area contributed by atoms with Crippen LogP contribution in [-0.2, 0) is 19.9 Å². The summed E-state index contributed by atoms with van der Waals surface area (Å²) in [6, 6.07) is 7.92. The van der Waals surface area contributed by atoms with Gasteiger partial charge in [-0.25, -0.2) is 0 Å². The number of rotatable bonds is 7. The average Bonchev–Trinajstić information content (AvgIpc) is 3.30. The lowest BCUT2D eigenvalue weighted by Crippen LogP contribution is -2.10. The summed E-state index contributed by atoms with van der Waals surface area (Å²) in [4.78, 5) is 3.80. The zero-order valence-electron chi connectivity index (χ0n) is 16.5. The summed E-state index contributed by atoms with van der Waals surface area (Å²) < 4.78 is 2.12. The first-order chi connectivity index (χ1) is 14.0. The minimum Gasteiger partial charge on any atom is -0.305 e. The van der Waals surface area contributed by atoms with Crippen molar-refractivity contribution >= 4 is 58.1 Å². The molecule has 2 heterocycles. The first-order valence-electron chi connectivity index (χ1n) is 9.77. The monoisotopic (exact) mass is 483 g/mol. The Bertz CT molecular complexity index is 999. The molecule has 1 aliphatic carbocycles. The van der Waals surface area contributed by atoms with Crippen LogP contribution < -0.4 is 0 Å². The van der Waals surface area contributed by atoms with Crippen LogP contribution in [0.1, 0.15) is 30.2 Å². The molecular formula is C21H23Cl2N3S3. The fourth-order valence-corrected chi connectivity index (χ4v) is 7.20. The van der Waals surface area contributed by atoms with Crippen LogP contribution in [0.3, 0.4) is 0 Å². The van der Waals surface area contributed by atoms with E-state index in [0.717, 1.165) is 38.3 Å². The van der Waals surface area contributed by atoms with Crippen molar-refractivity contribution in [1.82, 2.24) is 14.8 Å². The fraction of sp³-hybridized carbons (Fsp3) is 0.429. The number of hydrogen-bond donors (Lipinski definition) is 0. The molecule has 8 heteroatoms. The van der Waals surface area contributed by atoms with Crippen molar-refractivity contribution in [2.45, 2.75) is 42.7 Å². The second-order valence-electron chi connectivity index (χ2n) is 7.21. The summed E-state index contributed by atoms with van der Waals surface area (Å²) in [5.41, 5.74) is 1.52. The molecule has 1 aromatic carbocycles. The molecule has 0 fully saturated rings. The molecule has 1 atom stereocenters. The maximum Gasteiger partial charge on any atom is 0.191 e. The molecule has 29 heavy (non-hydrogen) atoms. The highest BCUT2D eigenvalue weighted by molar-refractivity contribution is 8.03. The van der Waals surface area contributed by atoms with Crippen molar-refractivity contribution in [2.24, 2.45) is 13.0 Å². The van der Waals surface area contributed by atoms with Crippen LogP contribution in [-0.4, -0.2) is 26.3 Å². The smallest absolute Gasteiger partial charge is 0.191 e. The topological polar surface area (TPSA) is 30.7 Å². The third kappa shape index (κ3) is 4.99. The Balaban J connectivity index is 1.38. The van der Waals surface area contributed by atoms with Crippen molar-refractivity contribution in [3.63, 3.8) is 0 Å². The normalized spacial score (nSPS) is 16.2. The van der Waals surface area contributed by atoms with E-state index in [4.69, 9.17) is 23.2 Å². The van der Waals surface area contributed by atoms with Crippen LogP contribution in [0, 0.1) is 5.92 Å². The Labute approximate surface area is 194 Å². The first kappa shape index (κ1) is 21.6. The van der Waals surface area contributed by atoms with Gasteiger partial charge in [0.1, 0.15) is 0 Å². The molecule has 0 spiro atoms. The molecule has 0 bridgehead atoms. The van der Waals surface area contributed by atoms with E-state index >= 15 is 0 Å². The standard InChI is InChI=1S/C21H23Cl2N3S3/c1-3-13-4-7-17-14(10-13)11-19(29-17)20-24-25-21(26(20)2)28-9-8-27-18-12-15(22)5-6-16(18)23/h5-6,11-13H,3-4,7-10H2,1-2H3/t13-/m0/s1. The average molecular weight is 485 g/mol. The number of fused-ring (bicyclic) bond motifs is 1.